The minimum absolute atomic E-state index is 0.0751. The van der Waals surface area contributed by atoms with Gasteiger partial charge < -0.3 is 14.8 Å². The van der Waals surface area contributed by atoms with E-state index in [0.29, 0.717) is 6.61 Å². The van der Waals surface area contributed by atoms with Crippen LogP contribution in [0.2, 0.25) is 0 Å². The summed E-state index contributed by atoms with van der Waals surface area (Å²) in [5.41, 5.74) is 5.20. The molecule has 2 heterocycles. The number of nitrogens with one attached hydrogen (secondary N) is 1. The number of para-hydroxylation sites is 1. The second-order valence-electron chi connectivity index (χ2n) is 7.34. The third-order valence-electron chi connectivity index (χ3n) is 5.53. The van der Waals surface area contributed by atoms with Crippen molar-refractivity contribution in [1.82, 2.24) is 9.97 Å². The van der Waals surface area contributed by atoms with Crippen LogP contribution in [-0.4, -0.2) is 21.0 Å². The molecule has 5 nitrogen and oxygen atoms in total. The fraction of sp³-hybridized carbons (Fsp3) is 0.217. The van der Waals surface area contributed by atoms with Crippen molar-refractivity contribution in [2.75, 3.05) is 0 Å². The molecule has 2 aromatic heterocycles. The molecule has 5 rings (SSSR count). The molecule has 1 unspecified atom stereocenters. The second-order valence-corrected chi connectivity index (χ2v) is 7.34. The summed E-state index contributed by atoms with van der Waals surface area (Å²) < 4.78 is 6.00. The first-order chi connectivity index (χ1) is 13.7. The number of carboxylic acid groups (broad SMARTS) is 1. The van der Waals surface area contributed by atoms with Crippen LogP contribution in [0.15, 0.2) is 54.6 Å². The van der Waals surface area contributed by atoms with Gasteiger partial charge in [-0.25, -0.2) is 4.98 Å². The molecule has 140 valence electrons. The Kier molecular flexibility index (Phi) is 4.01. The Hall–Kier alpha value is -3.34. The Morgan fingerprint density at radius 3 is 2.96 bits per heavy atom. The lowest BCUT2D eigenvalue weighted by molar-refractivity contribution is -0.137. The van der Waals surface area contributed by atoms with Crippen LogP contribution >= 0.6 is 0 Å². The molecule has 0 spiro atoms. The van der Waals surface area contributed by atoms with E-state index < -0.39 is 5.97 Å². The van der Waals surface area contributed by atoms with Crippen LogP contribution in [-0.2, 0) is 17.8 Å². The number of nitrogens with zero attached hydrogens (tertiary/aromatic N) is 1. The SMILES string of the molecule is O=C(O)CC1CCc2c1[nH]c1ccc(OCc3ccc4ccccc4n3)cc21. The van der Waals surface area contributed by atoms with Crippen LogP contribution < -0.4 is 4.74 Å². The van der Waals surface area contributed by atoms with Crippen molar-refractivity contribution in [3.05, 3.63) is 71.5 Å². The van der Waals surface area contributed by atoms with Crippen LogP contribution in [0.5, 0.6) is 5.75 Å². The zero-order chi connectivity index (χ0) is 19.1. The topological polar surface area (TPSA) is 75.2 Å². The number of carbonyl (C=O) groups is 1. The molecule has 1 atom stereocenters. The maximum Gasteiger partial charge on any atom is 0.304 e. The number of aromatic amines is 1. The third-order valence-corrected chi connectivity index (χ3v) is 5.53. The predicted octanol–water partition coefficient (Wildman–Crippen LogP) is 4.80. The van der Waals surface area contributed by atoms with Crippen molar-refractivity contribution in [3.63, 3.8) is 0 Å². The molecule has 0 saturated carbocycles. The number of carboxylic acids is 1. The lowest BCUT2D eigenvalue weighted by atomic mass is 10.0. The van der Waals surface area contributed by atoms with E-state index in [2.05, 4.69) is 22.1 Å². The summed E-state index contributed by atoms with van der Waals surface area (Å²) in [5, 5.41) is 11.4. The molecule has 2 aromatic carbocycles. The van der Waals surface area contributed by atoms with Gasteiger partial charge in [0, 0.05) is 27.9 Å². The third kappa shape index (κ3) is 2.99. The van der Waals surface area contributed by atoms with E-state index in [1.807, 2.05) is 42.5 Å². The smallest absolute Gasteiger partial charge is 0.304 e. The Morgan fingerprint density at radius 2 is 2.07 bits per heavy atom. The summed E-state index contributed by atoms with van der Waals surface area (Å²) in [5.74, 6) is 0.125. The highest BCUT2D eigenvalue weighted by Gasteiger charge is 2.28. The van der Waals surface area contributed by atoms with Gasteiger partial charge in [-0.05, 0) is 48.7 Å². The van der Waals surface area contributed by atoms with Gasteiger partial charge in [0.2, 0.25) is 0 Å². The predicted molar refractivity (Wildman–Crippen MR) is 108 cm³/mol. The Labute approximate surface area is 162 Å². The van der Waals surface area contributed by atoms with Crippen molar-refractivity contribution in [3.8, 4) is 5.75 Å². The quantitative estimate of drug-likeness (QED) is 0.528. The van der Waals surface area contributed by atoms with Crippen molar-refractivity contribution in [2.24, 2.45) is 0 Å². The number of hydrogen-bond acceptors (Lipinski definition) is 3. The number of pyridine rings is 1. The molecular weight excluding hydrogens is 352 g/mol. The molecule has 5 heteroatoms. The van der Waals surface area contributed by atoms with Gasteiger partial charge in [-0.2, -0.15) is 0 Å². The monoisotopic (exact) mass is 372 g/mol. The van der Waals surface area contributed by atoms with E-state index in [1.165, 1.54) is 5.56 Å². The van der Waals surface area contributed by atoms with Gasteiger partial charge in [0.25, 0.3) is 0 Å². The summed E-state index contributed by atoms with van der Waals surface area (Å²) in [6.07, 6.45) is 1.97. The maximum atomic E-state index is 11.1. The lowest BCUT2D eigenvalue weighted by Crippen LogP contribution is -2.03. The minimum atomic E-state index is -0.747. The molecule has 0 saturated heterocycles. The van der Waals surface area contributed by atoms with Gasteiger partial charge in [-0.15, -0.1) is 0 Å². The summed E-state index contributed by atoms with van der Waals surface area (Å²) in [4.78, 5) is 19.2. The minimum Gasteiger partial charge on any atom is -0.487 e. The van der Waals surface area contributed by atoms with Crippen molar-refractivity contribution in [2.45, 2.75) is 31.8 Å². The zero-order valence-corrected chi connectivity index (χ0v) is 15.3. The normalized spacial score (nSPS) is 15.8. The van der Waals surface area contributed by atoms with E-state index in [-0.39, 0.29) is 12.3 Å². The number of rotatable bonds is 5. The number of aryl methyl sites for hydroxylation is 1. The van der Waals surface area contributed by atoms with Gasteiger partial charge in [0.1, 0.15) is 12.4 Å². The molecule has 1 aliphatic rings. The number of aromatic nitrogens is 2. The summed E-state index contributed by atoms with van der Waals surface area (Å²) in [6, 6.07) is 18.1. The van der Waals surface area contributed by atoms with Gasteiger partial charge in [0.15, 0.2) is 0 Å². The zero-order valence-electron chi connectivity index (χ0n) is 15.3. The van der Waals surface area contributed by atoms with Crippen LogP contribution in [0.4, 0.5) is 0 Å². The standard InChI is InChI=1S/C23H20N2O3/c26-22(27)11-15-6-9-18-19-12-17(8-10-21(19)25-23(15)18)28-13-16-7-5-14-3-1-2-4-20(14)24-16/h1-5,7-8,10,12,15,25H,6,9,11,13H2,(H,26,27). The molecule has 0 fully saturated rings. The van der Waals surface area contributed by atoms with E-state index in [0.717, 1.165) is 51.8 Å². The Balaban J connectivity index is 1.38. The highest BCUT2D eigenvalue weighted by Crippen LogP contribution is 2.40. The van der Waals surface area contributed by atoms with Crippen LogP contribution in [0, 0.1) is 0 Å². The van der Waals surface area contributed by atoms with Gasteiger partial charge in [-0.1, -0.05) is 24.3 Å². The molecule has 0 bridgehead atoms. The first-order valence-corrected chi connectivity index (χ1v) is 9.51. The highest BCUT2D eigenvalue weighted by molar-refractivity contribution is 5.87. The van der Waals surface area contributed by atoms with Crippen LogP contribution in [0.3, 0.4) is 0 Å². The van der Waals surface area contributed by atoms with Gasteiger partial charge in [-0.3, -0.25) is 4.79 Å². The van der Waals surface area contributed by atoms with Crippen molar-refractivity contribution in [1.29, 1.82) is 0 Å². The molecule has 0 aliphatic heterocycles. The average Bonchev–Trinajstić information content (AvgIpc) is 3.25. The number of hydrogen-bond donors (Lipinski definition) is 2. The molecule has 0 radical (unpaired) electrons. The Bertz CT molecular complexity index is 1200. The molecule has 28 heavy (non-hydrogen) atoms. The highest BCUT2D eigenvalue weighted by atomic mass is 16.5. The Morgan fingerprint density at radius 1 is 1.18 bits per heavy atom. The van der Waals surface area contributed by atoms with Crippen molar-refractivity contribution < 1.29 is 14.6 Å². The van der Waals surface area contributed by atoms with E-state index in [9.17, 15) is 4.79 Å². The molecule has 4 aromatic rings. The number of H-pyrrole nitrogens is 1. The van der Waals surface area contributed by atoms with Gasteiger partial charge >= 0.3 is 5.97 Å². The maximum absolute atomic E-state index is 11.1. The van der Waals surface area contributed by atoms with E-state index in [1.54, 1.807) is 0 Å². The largest absolute Gasteiger partial charge is 0.487 e. The fourth-order valence-corrected chi connectivity index (χ4v) is 4.18. The second kappa shape index (κ2) is 6.68. The number of aliphatic carboxylic acids is 1. The first kappa shape index (κ1) is 16.8. The van der Waals surface area contributed by atoms with E-state index in [4.69, 9.17) is 9.84 Å². The molecule has 0 amide bonds. The average molecular weight is 372 g/mol. The van der Waals surface area contributed by atoms with Crippen molar-refractivity contribution >= 4 is 27.8 Å². The van der Waals surface area contributed by atoms with Gasteiger partial charge in [0.05, 0.1) is 17.6 Å². The van der Waals surface area contributed by atoms with E-state index >= 15 is 0 Å². The molecule has 1 aliphatic carbocycles. The first-order valence-electron chi connectivity index (χ1n) is 9.51. The summed E-state index contributed by atoms with van der Waals surface area (Å²) in [7, 11) is 0. The number of benzene rings is 2. The summed E-state index contributed by atoms with van der Waals surface area (Å²) >= 11 is 0. The molecule has 2 N–H and O–H groups in total. The number of fused-ring (bicyclic) bond motifs is 4. The lowest BCUT2D eigenvalue weighted by Gasteiger charge is -2.07. The summed E-state index contributed by atoms with van der Waals surface area (Å²) in [6.45, 7) is 0.407. The molecular formula is C23H20N2O3. The van der Waals surface area contributed by atoms with Crippen LogP contribution in [0.1, 0.15) is 35.7 Å². The number of ether oxygens (including phenoxy) is 1. The fourth-order valence-electron chi connectivity index (χ4n) is 4.18. The van der Waals surface area contributed by atoms with Crippen LogP contribution in [0.25, 0.3) is 21.8 Å².